The number of hydrogen-bond acceptors (Lipinski definition) is 3. The standard InChI is InChI=1S/C15H17NO4/c1-3-9(2)13(15(18)19)16-14(17)11-8-20-12-7-5-4-6-10(11)12/h4-9,13H,3H2,1-2H3,(H,16,17)(H,18,19)/t9?,13-/m0/s1. The van der Waals surface area contributed by atoms with Crippen LogP contribution in [-0.2, 0) is 4.79 Å². The molecule has 2 rings (SSSR count). The highest BCUT2D eigenvalue weighted by Gasteiger charge is 2.26. The molecule has 2 aromatic rings. The number of rotatable bonds is 5. The summed E-state index contributed by atoms with van der Waals surface area (Å²) in [5, 5.41) is 12.4. The summed E-state index contributed by atoms with van der Waals surface area (Å²) in [7, 11) is 0. The van der Waals surface area contributed by atoms with Gasteiger partial charge in [0.25, 0.3) is 5.91 Å². The first-order chi connectivity index (χ1) is 9.54. The molecule has 2 N–H and O–H groups in total. The zero-order valence-corrected chi connectivity index (χ0v) is 11.4. The van der Waals surface area contributed by atoms with Gasteiger partial charge >= 0.3 is 5.97 Å². The molecule has 0 aliphatic heterocycles. The lowest BCUT2D eigenvalue weighted by molar-refractivity contribution is -0.140. The zero-order valence-electron chi connectivity index (χ0n) is 11.4. The minimum Gasteiger partial charge on any atom is -0.480 e. The maximum absolute atomic E-state index is 12.2. The van der Waals surface area contributed by atoms with Crippen molar-refractivity contribution in [2.75, 3.05) is 0 Å². The third-order valence-electron chi connectivity index (χ3n) is 3.49. The molecule has 1 aromatic carbocycles. The largest absolute Gasteiger partial charge is 0.480 e. The van der Waals surface area contributed by atoms with Crippen LogP contribution in [0.2, 0.25) is 0 Å². The van der Waals surface area contributed by atoms with E-state index in [2.05, 4.69) is 5.32 Å². The van der Waals surface area contributed by atoms with Gasteiger partial charge in [-0.25, -0.2) is 4.79 Å². The Bertz CT molecular complexity index is 632. The Morgan fingerprint density at radius 2 is 2.05 bits per heavy atom. The average molecular weight is 275 g/mol. The molecule has 20 heavy (non-hydrogen) atoms. The van der Waals surface area contributed by atoms with Crippen molar-refractivity contribution in [1.82, 2.24) is 5.32 Å². The van der Waals surface area contributed by atoms with E-state index in [1.165, 1.54) is 6.26 Å². The molecule has 0 bridgehead atoms. The summed E-state index contributed by atoms with van der Waals surface area (Å²) >= 11 is 0. The molecule has 5 nitrogen and oxygen atoms in total. The third-order valence-corrected chi connectivity index (χ3v) is 3.49. The van der Waals surface area contributed by atoms with Crippen LogP contribution >= 0.6 is 0 Å². The van der Waals surface area contributed by atoms with Crippen LogP contribution in [-0.4, -0.2) is 23.0 Å². The Kier molecular flexibility index (Phi) is 4.08. The van der Waals surface area contributed by atoms with Gasteiger partial charge in [-0.15, -0.1) is 0 Å². The fourth-order valence-electron chi connectivity index (χ4n) is 2.06. The molecule has 0 radical (unpaired) electrons. The van der Waals surface area contributed by atoms with Crippen molar-refractivity contribution < 1.29 is 19.1 Å². The zero-order chi connectivity index (χ0) is 14.7. The van der Waals surface area contributed by atoms with E-state index in [0.717, 1.165) is 0 Å². The van der Waals surface area contributed by atoms with E-state index >= 15 is 0 Å². The highest BCUT2D eigenvalue weighted by molar-refractivity contribution is 6.06. The minimum absolute atomic E-state index is 0.144. The number of benzene rings is 1. The van der Waals surface area contributed by atoms with Crippen molar-refractivity contribution >= 4 is 22.8 Å². The van der Waals surface area contributed by atoms with Crippen LogP contribution in [0.15, 0.2) is 34.9 Å². The first kappa shape index (κ1) is 14.1. The van der Waals surface area contributed by atoms with Crippen LogP contribution in [0.1, 0.15) is 30.6 Å². The van der Waals surface area contributed by atoms with Gasteiger partial charge < -0.3 is 14.8 Å². The minimum atomic E-state index is -1.03. The van der Waals surface area contributed by atoms with E-state index in [-0.39, 0.29) is 5.92 Å². The number of furan rings is 1. The molecule has 106 valence electrons. The molecule has 1 amide bonds. The number of carbonyl (C=O) groups excluding carboxylic acids is 1. The molecule has 1 heterocycles. The summed E-state index contributed by atoms with van der Waals surface area (Å²) in [6.45, 7) is 3.69. The number of hydrogen-bond donors (Lipinski definition) is 2. The van der Waals surface area contributed by atoms with E-state index in [0.29, 0.717) is 23.0 Å². The molecular weight excluding hydrogens is 258 g/mol. The van der Waals surface area contributed by atoms with Gasteiger partial charge in [0.2, 0.25) is 0 Å². The molecule has 0 aliphatic rings. The van der Waals surface area contributed by atoms with Crippen LogP contribution in [0, 0.1) is 5.92 Å². The maximum atomic E-state index is 12.2. The van der Waals surface area contributed by atoms with E-state index in [1.807, 2.05) is 13.0 Å². The summed E-state index contributed by atoms with van der Waals surface area (Å²) in [4.78, 5) is 23.5. The second kappa shape index (κ2) is 5.77. The summed E-state index contributed by atoms with van der Waals surface area (Å²) in [6, 6.07) is 6.24. The van der Waals surface area contributed by atoms with Crippen molar-refractivity contribution in [1.29, 1.82) is 0 Å². The average Bonchev–Trinajstić information content (AvgIpc) is 2.87. The van der Waals surface area contributed by atoms with Gasteiger partial charge in [-0.05, 0) is 12.0 Å². The van der Waals surface area contributed by atoms with Crippen molar-refractivity contribution in [3.63, 3.8) is 0 Å². The smallest absolute Gasteiger partial charge is 0.326 e. The molecule has 0 saturated heterocycles. The molecule has 0 fully saturated rings. The molecule has 5 heteroatoms. The summed E-state index contributed by atoms with van der Waals surface area (Å²) in [6.07, 6.45) is 2.03. The van der Waals surface area contributed by atoms with E-state index in [1.54, 1.807) is 25.1 Å². The van der Waals surface area contributed by atoms with E-state index in [9.17, 15) is 14.7 Å². The predicted molar refractivity (Wildman–Crippen MR) is 74.6 cm³/mol. The van der Waals surface area contributed by atoms with Crippen molar-refractivity contribution in [2.45, 2.75) is 26.3 Å². The Balaban J connectivity index is 2.25. The number of carbonyl (C=O) groups is 2. The normalized spacial score (nSPS) is 13.9. The number of carboxylic acid groups (broad SMARTS) is 1. The fourth-order valence-corrected chi connectivity index (χ4v) is 2.06. The SMILES string of the molecule is CCC(C)[C@H](NC(=O)c1coc2ccccc12)C(=O)O. The maximum Gasteiger partial charge on any atom is 0.326 e. The van der Waals surface area contributed by atoms with Gasteiger partial charge in [0.05, 0.1) is 5.56 Å². The van der Waals surface area contributed by atoms with Crippen LogP contribution in [0.25, 0.3) is 11.0 Å². The number of aliphatic carboxylic acids is 1. The Morgan fingerprint density at radius 3 is 2.70 bits per heavy atom. The predicted octanol–water partition coefficient (Wildman–Crippen LogP) is 2.66. The summed E-state index contributed by atoms with van der Waals surface area (Å²) in [5.41, 5.74) is 0.961. The highest BCUT2D eigenvalue weighted by atomic mass is 16.4. The highest BCUT2D eigenvalue weighted by Crippen LogP contribution is 2.21. The summed E-state index contributed by atoms with van der Waals surface area (Å²) < 4.78 is 5.29. The molecule has 0 saturated carbocycles. The van der Waals surface area contributed by atoms with E-state index in [4.69, 9.17) is 4.42 Å². The Hall–Kier alpha value is -2.30. The number of nitrogens with one attached hydrogen (secondary N) is 1. The van der Waals surface area contributed by atoms with Crippen molar-refractivity contribution in [3.8, 4) is 0 Å². The summed E-state index contributed by atoms with van der Waals surface area (Å²) in [5.74, 6) is -1.60. The third kappa shape index (κ3) is 2.66. The van der Waals surface area contributed by atoms with Gasteiger partial charge in [0.1, 0.15) is 17.9 Å². The fraction of sp³-hybridized carbons (Fsp3) is 0.333. The molecule has 1 aromatic heterocycles. The monoisotopic (exact) mass is 275 g/mol. The second-order valence-electron chi connectivity index (χ2n) is 4.82. The lowest BCUT2D eigenvalue weighted by atomic mass is 9.99. The van der Waals surface area contributed by atoms with Gasteiger partial charge in [-0.1, -0.05) is 38.5 Å². The Morgan fingerprint density at radius 1 is 1.35 bits per heavy atom. The van der Waals surface area contributed by atoms with Gasteiger partial charge in [0, 0.05) is 5.39 Å². The van der Waals surface area contributed by atoms with Crippen LogP contribution in [0.5, 0.6) is 0 Å². The van der Waals surface area contributed by atoms with Gasteiger partial charge in [-0.3, -0.25) is 4.79 Å². The number of fused-ring (bicyclic) bond motifs is 1. The van der Waals surface area contributed by atoms with Gasteiger partial charge in [0.15, 0.2) is 0 Å². The van der Waals surface area contributed by atoms with Crippen molar-refractivity contribution in [3.05, 3.63) is 36.1 Å². The molecule has 2 atom stereocenters. The quantitative estimate of drug-likeness (QED) is 0.879. The number of carboxylic acids is 1. The molecule has 0 aliphatic carbocycles. The van der Waals surface area contributed by atoms with Crippen LogP contribution in [0.3, 0.4) is 0 Å². The second-order valence-corrected chi connectivity index (χ2v) is 4.82. The van der Waals surface area contributed by atoms with Gasteiger partial charge in [-0.2, -0.15) is 0 Å². The molecule has 1 unspecified atom stereocenters. The van der Waals surface area contributed by atoms with Crippen LogP contribution < -0.4 is 5.32 Å². The van der Waals surface area contributed by atoms with E-state index < -0.39 is 17.9 Å². The number of para-hydroxylation sites is 1. The number of amides is 1. The molecular formula is C15H17NO4. The van der Waals surface area contributed by atoms with Crippen molar-refractivity contribution in [2.24, 2.45) is 5.92 Å². The van der Waals surface area contributed by atoms with Crippen LogP contribution in [0.4, 0.5) is 0 Å². The molecule has 0 spiro atoms. The topological polar surface area (TPSA) is 79.5 Å². The lowest BCUT2D eigenvalue weighted by Gasteiger charge is -2.19. The Labute approximate surface area is 116 Å². The lowest BCUT2D eigenvalue weighted by Crippen LogP contribution is -2.44. The first-order valence-corrected chi connectivity index (χ1v) is 6.54. The first-order valence-electron chi connectivity index (χ1n) is 6.54.